The smallest absolute Gasteiger partial charge is 0.0551 e. The molecule has 1 atom stereocenters. The van der Waals surface area contributed by atoms with Gasteiger partial charge >= 0.3 is 0 Å². The molecule has 1 nitrogen and oxygen atoms in total. The predicted molar refractivity (Wildman–Crippen MR) is 74.9 cm³/mol. The Labute approximate surface area is 112 Å². The van der Waals surface area contributed by atoms with Gasteiger partial charge in [-0.05, 0) is 46.0 Å². The molecule has 0 spiro atoms. The summed E-state index contributed by atoms with van der Waals surface area (Å²) in [6, 6.07) is 6.53. The summed E-state index contributed by atoms with van der Waals surface area (Å²) in [6.07, 6.45) is 0. The van der Waals surface area contributed by atoms with Crippen molar-refractivity contribution < 1.29 is 0 Å². The molecule has 1 aromatic rings. The fourth-order valence-electron chi connectivity index (χ4n) is 1.23. The van der Waals surface area contributed by atoms with Crippen molar-refractivity contribution in [2.75, 3.05) is 0 Å². The highest BCUT2D eigenvalue weighted by Gasteiger charge is 2.18. The van der Waals surface area contributed by atoms with Gasteiger partial charge in [-0.2, -0.15) is 0 Å². The van der Waals surface area contributed by atoms with Gasteiger partial charge in [0, 0.05) is 17.1 Å². The Morgan fingerprint density at radius 2 is 2.00 bits per heavy atom. The molecule has 1 rings (SSSR count). The van der Waals surface area contributed by atoms with Crippen LogP contribution in [0.3, 0.4) is 0 Å². The Bertz CT molecular complexity index is 357. The molecular formula is C13H19BrClN. The molecule has 1 unspecified atom stereocenters. The minimum atomic E-state index is 0.277. The molecule has 0 aromatic heterocycles. The lowest BCUT2D eigenvalue weighted by Gasteiger charge is -2.28. The van der Waals surface area contributed by atoms with E-state index in [0.29, 0.717) is 6.04 Å². The van der Waals surface area contributed by atoms with Crippen LogP contribution in [0.15, 0.2) is 22.7 Å². The second kappa shape index (κ2) is 5.52. The van der Waals surface area contributed by atoms with E-state index < -0.39 is 0 Å². The van der Waals surface area contributed by atoms with Crippen LogP contribution in [0.4, 0.5) is 0 Å². The number of nitrogens with one attached hydrogen (secondary N) is 1. The Morgan fingerprint density at radius 1 is 1.38 bits per heavy atom. The standard InChI is InChI=1S/C13H19BrClN/c1-9(13(2,3)4)16-8-10-5-6-11(14)12(15)7-10/h5-7,9,16H,8H2,1-4H3. The Morgan fingerprint density at radius 3 is 2.50 bits per heavy atom. The average molecular weight is 305 g/mol. The minimum absolute atomic E-state index is 0.277. The third kappa shape index (κ3) is 4.08. The second-order valence-electron chi connectivity index (χ2n) is 5.22. The van der Waals surface area contributed by atoms with E-state index in [2.05, 4.69) is 55.0 Å². The van der Waals surface area contributed by atoms with E-state index >= 15 is 0 Å². The fraction of sp³-hybridized carbons (Fsp3) is 0.538. The highest BCUT2D eigenvalue weighted by atomic mass is 79.9. The third-order valence-electron chi connectivity index (χ3n) is 2.90. The van der Waals surface area contributed by atoms with Gasteiger partial charge in [-0.3, -0.25) is 0 Å². The molecule has 16 heavy (non-hydrogen) atoms. The van der Waals surface area contributed by atoms with E-state index in [4.69, 9.17) is 11.6 Å². The molecule has 0 saturated carbocycles. The van der Waals surface area contributed by atoms with Crippen LogP contribution in [-0.4, -0.2) is 6.04 Å². The van der Waals surface area contributed by atoms with Crippen LogP contribution in [0.1, 0.15) is 33.3 Å². The summed E-state index contributed by atoms with van der Waals surface area (Å²) in [6.45, 7) is 9.77. The van der Waals surface area contributed by atoms with Crippen LogP contribution in [-0.2, 0) is 6.54 Å². The van der Waals surface area contributed by atoms with Crippen LogP contribution in [0.2, 0.25) is 5.02 Å². The maximum absolute atomic E-state index is 6.04. The van der Waals surface area contributed by atoms with Crippen LogP contribution >= 0.6 is 27.5 Å². The maximum atomic E-state index is 6.04. The van der Waals surface area contributed by atoms with E-state index in [9.17, 15) is 0 Å². The summed E-state index contributed by atoms with van der Waals surface area (Å²) in [4.78, 5) is 0. The third-order valence-corrected chi connectivity index (χ3v) is 4.13. The number of halogens is 2. The molecule has 0 radical (unpaired) electrons. The Kier molecular flexibility index (Phi) is 4.84. The van der Waals surface area contributed by atoms with Gasteiger partial charge in [0.15, 0.2) is 0 Å². The zero-order valence-corrected chi connectivity index (χ0v) is 12.6. The van der Waals surface area contributed by atoms with Crippen LogP contribution in [0, 0.1) is 5.41 Å². The quantitative estimate of drug-likeness (QED) is 0.858. The van der Waals surface area contributed by atoms with E-state index in [1.54, 1.807) is 0 Å². The molecule has 90 valence electrons. The summed E-state index contributed by atoms with van der Waals surface area (Å²) in [5.41, 5.74) is 1.49. The SMILES string of the molecule is CC(NCc1ccc(Br)c(Cl)c1)C(C)(C)C. The largest absolute Gasteiger partial charge is 0.310 e. The molecule has 0 heterocycles. The Balaban J connectivity index is 2.58. The highest BCUT2D eigenvalue weighted by molar-refractivity contribution is 9.10. The predicted octanol–water partition coefficient (Wildman–Crippen LogP) is 4.63. The van der Waals surface area contributed by atoms with Gasteiger partial charge in [-0.1, -0.05) is 38.4 Å². The van der Waals surface area contributed by atoms with E-state index in [1.807, 2.05) is 12.1 Å². The summed E-state index contributed by atoms with van der Waals surface area (Å²) < 4.78 is 0.946. The molecule has 0 aliphatic carbocycles. The van der Waals surface area contributed by atoms with Crippen molar-refractivity contribution in [1.29, 1.82) is 0 Å². The minimum Gasteiger partial charge on any atom is -0.310 e. The first-order chi connectivity index (χ1) is 7.30. The van der Waals surface area contributed by atoms with Gasteiger partial charge < -0.3 is 5.32 Å². The summed E-state index contributed by atoms with van der Waals surface area (Å²) in [5.74, 6) is 0. The van der Waals surface area contributed by atoms with E-state index in [1.165, 1.54) is 5.56 Å². The average Bonchev–Trinajstić information content (AvgIpc) is 2.18. The van der Waals surface area contributed by atoms with Crippen molar-refractivity contribution in [3.05, 3.63) is 33.3 Å². The summed E-state index contributed by atoms with van der Waals surface area (Å²) in [5, 5.41) is 4.28. The lowest BCUT2D eigenvalue weighted by Crippen LogP contribution is -2.37. The molecule has 0 aliphatic heterocycles. The molecule has 3 heteroatoms. The fourth-order valence-corrected chi connectivity index (χ4v) is 1.68. The van der Waals surface area contributed by atoms with Crippen molar-refractivity contribution >= 4 is 27.5 Å². The first-order valence-corrected chi connectivity index (χ1v) is 6.65. The highest BCUT2D eigenvalue weighted by Crippen LogP contribution is 2.24. The second-order valence-corrected chi connectivity index (χ2v) is 6.48. The first-order valence-electron chi connectivity index (χ1n) is 5.48. The monoisotopic (exact) mass is 303 g/mol. The lowest BCUT2D eigenvalue weighted by atomic mass is 9.88. The van der Waals surface area contributed by atoms with Crippen molar-refractivity contribution in [3.63, 3.8) is 0 Å². The molecule has 0 aliphatic rings. The van der Waals surface area contributed by atoms with Crippen molar-refractivity contribution in [3.8, 4) is 0 Å². The molecule has 1 N–H and O–H groups in total. The van der Waals surface area contributed by atoms with Gasteiger partial charge in [0.1, 0.15) is 0 Å². The maximum Gasteiger partial charge on any atom is 0.0551 e. The first kappa shape index (κ1) is 14.0. The van der Waals surface area contributed by atoms with Crippen LogP contribution in [0.5, 0.6) is 0 Å². The summed E-state index contributed by atoms with van der Waals surface area (Å²) >= 11 is 9.43. The van der Waals surface area contributed by atoms with E-state index in [0.717, 1.165) is 16.0 Å². The molecule has 1 aromatic carbocycles. The molecular weight excluding hydrogens is 286 g/mol. The van der Waals surface area contributed by atoms with Gasteiger partial charge in [0.05, 0.1) is 5.02 Å². The van der Waals surface area contributed by atoms with Gasteiger partial charge in [0.2, 0.25) is 0 Å². The van der Waals surface area contributed by atoms with E-state index in [-0.39, 0.29) is 5.41 Å². The molecule has 0 fully saturated rings. The summed E-state index contributed by atoms with van der Waals surface area (Å²) in [7, 11) is 0. The van der Waals surface area contributed by atoms with Gasteiger partial charge in [-0.15, -0.1) is 0 Å². The van der Waals surface area contributed by atoms with Crippen molar-refractivity contribution in [2.24, 2.45) is 5.41 Å². The van der Waals surface area contributed by atoms with Crippen LogP contribution < -0.4 is 5.32 Å². The van der Waals surface area contributed by atoms with Crippen molar-refractivity contribution in [1.82, 2.24) is 5.32 Å². The molecule has 0 amide bonds. The van der Waals surface area contributed by atoms with Crippen molar-refractivity contribution in [2.45, 2.75) is 40.3 Å². The lowest BCUT2D eigenvalue weighted by molar-refractivity contribution is 0.285. The number of rotatable bonds is 3. The topological polar surface area (TPSA) is 12.0 Å². The van der Waals surface area contributed by atoms with Gasteiger partial charge in [0.25, 0.3) is 0 Å². The number of hydrogen-bond acceptors (Lipinski definition) is 1. The molecule has 0 saturated heterocycles. The zero-order valence-electron chi connectivity index (χ0n) is 10.3. The van der Waals surface area contributed by atoms with Gasteiger partial charge in [-0.25, -0.2) is 0 Å². The number of benzene rings is 1. The van der Waals surface area contributed by atoms with Crippen LogP contribution in [0.25, 0.3) is 0 Å². The Hall–Kier alpha value is -0.0500. The normalized spacial score (nSPS) is 13.9. The number of hydrogen-bond donors (Lipinski definition) is 1. The zero-order chi connectivity index (χ0) is 12.3. The molecule has 0 bridgehead atoms.